The van der Waals surface area contributed by atoms with Crippen molar-refractivity contribution in [3.8, 4) is 6.07 Å². The Hall–Kier alpha value is -2.22. The zero-order valence-corrected chi connectivity index (χ0v) is 12.4. The SMILES string of the molecule is N#CCc1ccc(NC(=O)c2cc(N)cc(Cl)c2Cl)cc1. The fourth-order valence-corrected chi connectivity index (χ4v) is 2.19. The summed E-state index contributed by atoms with van der Waals surface area (Å²) < 4.78 is 0. The van der Waals surface area contributed by atoms with Crippen molar-refractivity contribution in [2.45, 2.75) is 6.42 Å². The third kappa shape index (κ3) is 3.66. The van der Waals surface area contributed by atoms with Crippen molar-refractivity contribution in [1.29, 1.82) is 5.26 Å². The molecule has 0 radical (unpaired) electrons. The van der Waals surface area contributed by atoms with E-state index < -0.39 is 5.91 Å². The summed E-state index contributed by atoms with van der Waals surface area (Å²) in [7, 11) is 0. The highest BCUT2D eigenvalue weighted by molar-refractivity contribution is 6.44. The molecule has 1 amide bonds. The van der Waals surface area contributed by atoms with Crippen LogP contribution < -0.4 is 11.1 Å². The number of nitrogens with one attached hydrogen (secondary N) is 1. The second-order valence-corrected chi connectivity index (χ2v) is 5.14. The lowest BCUT2D eigenvalue weighted by Crippen LogP contribution is -2.13. The van der Waals surface area contributed by atoms with E-state index in [0.717, 1.165) is 5.56 Å². The van der Waals surface area contributed by atoms with E-state index in [0.29, 0.717) is 17.8 Å². The molecule has 0 aliphatic rings. The van der Waals surface area contributed by atoms with Crippen LogP contribution in [0.1, 0.15) is 15.9 Å². The minimum absolute atomic E-state index is 0.157. The highest BCUT2D eigenvalue weighted by Gasteiger charge is 2.14. The minimum Gasteiger partial charge on any atom is -0.399 e. The summed E-state index contributed by atoms with van der Waals surface area (Å²) in [5.41, 5.74) is 7.70. The van der Waals surface area contributed by atoms with Gasteiger partial charge in [0.1, 0.15) is 0 Å². The summed E-state index contributed by atoms with van der Waals surface area (Å²) in [6.07, 6.45) is 0.324. The van der Waals surface area contributed by atoms with Gasteiger partial charge in [0.25, 0.3) is 5.91 Å². The number of hydrogen-bond acceptors (Lipinski definition) is 3. The number of nitriles is 1. The van der Waals surface area contributed by atoms with E-state index in [4.69, 9.17) is 34.2 Å². The van der Waals surface area contributed by atoms with E-state index in [-0.39, 0.29) is 15.6 Å². The normalized spacial score (nSPS) is 9.95. The third-order valence-electron chi connectivity index (χ3n) is 2.79. The van der Waals surface area contributed by atoms with Crippen LogP contribution >= 0.6 is 23.2 Å². The van der Waals surface area contributed by atoms with E-state index in [2.05, 4.69) is 11.4 Å². The maximum atomic E-state index is 12.2. The van der Waals surface area contributed by atoms with E-state index >= 15 is 0 Å². The number of benzene rings is 2. The molecule has 4 nitrogen and oxygen atoms in total. The van der Waals surface area contributed by atoms with Gasteiger partial charge >= 0.3 is 0 Å². The Balaban J connectivity index is 2.20. The lowest BCUT2D eigenvalue weighted by atomic mass is 10.1. The van der Waals surface area contributed by atoms with E-state index in [1.807, 2.05) is 0 Å². The molecule has 0 unspecified atom stereocenters. The number of nitrogens with zero attached hydrogens (tertiary/aromatic N) is 1. The van der Waals surface area contributed by atoms with Crippen LogP contribution in [0.2, 0.25) is 10.0 Å². The Morgan fingerprint density at radius 2 is 1.90 bits per heavy atom. The summed E-state index contributed by atoms with van der Waals surface area (Å²) in [6, 6.07) is 12.0. The maximum absolute atomic E-state index is 12.2. The quantitative estimate of drug-likeness (QED) is 0.842. The Morgan fingerprint density at radius 3 is 2.52 bits per heavy atom. The van der Waals surface area contributed by atoms with Crippen molar-refractivity contribution in [2.75, 3.05) is 11.1 Å². The van der Waals surface area contributed by atoms with Gasteiger partial charge < -0.3 is 11.1 Å². The molecule has 0 aliphatic heterocycles. The van der Waals surface area contributed by atoms with Crippen molar-refractivity contribution >= 4 is 40.5 Å². The molecular weight excluding hydrogens is 309 g/mol. The number of nitrogen functional groups attached to an aromatic ring is 1. The molecule has 0 saturated carbocycles. The van der Waals surface area contributed by atoms with Crippen LogP contribution in [0, 0.1) is 11.3 Å². The van der Waals surface area contributed by atoms with Crippen LogP contribution in [0.15, 0.2) is 36.4 Å². The fraction of sp³-hybridized carbons (Fsp3) is 0.0667. The monoisotopic (exact) mass is 319 g/mol. The first-order valence-corrected chi connectivity index (χ1v) is 6.78. The number of nitrogens with two attached hydrogens (primary N) is 1. The molecule has 0 aromatic heterocycles. The van der Waals surface area contributed by atoms with Gasteiger partial charge in [-0.25, -0.2) is 0 Å². The van der Waals surface area contributed by atoms with Crippen LogP contribution in [0.25, 0.3) is 0 Å². The predicted molar refractivity (Wildman–Crippen MR) is 84.6 cm³/mol. The lowest BCUT2D eigenvalue weighted by molar-refractivity contribution is 0.102. The predicted octanol–water partition coefficient (Wildman–Crippen LogP) is 3.89. The first kappa shape index (κ1) is 15.2. The molecule has 0 atom stereocenters. The summed E-state index contributed by atoms with van der Waals surface area (Å²) in [6.45, 7) is 0. The van der Waals surface area contributed by atoms with Gasteiger partial charge in [-0.3, -0.25) is 4.79 Å². The van der Waals surface area contributed by atoms with Crippen LogP contribution in [0.5, 0.6) is 0 Å². The molecule has 21 heavy (non-hydrogen) atoms. The average Bonchev–Trinajstić information content (AvgIpc) is 2.45. The van der Waals surface area contributed by atoms with Crippen LogP contribution in [-0.2, 0) is 6.42 Å². The number of anilines is 2. The Morgan fingerprint density at radius 1 is 1.24 bits per heavy atom. The van der Waals surface area contributed by atoms with Gasteiger partial charge in [0.2, 0.25) is 0 Å². The van der Waals surface area contributed by atoms with Crippen molar-refractivity contribution in [2.24, 2.45) is 0 Å². The molecule has 2 rings (SSSR count). The number of amides is 1. The largest absolute Gasteiger partial charge is 0.399 e. The lowest BCUT2D eigenvalue weighted by Gasteiger charge is -2.09. The van der Waals surface area contributed by atoms with Gasteiger partial charge in [-0.15, -0.1) is 0 Å². The second-order valence-electron chi connectivity index (χ2n) is 4.35. The molecule has 2 aromatic rings. The van der Waals surface area contributed by atoms with E-state index in [1.165, 1.54) is 12.1 Å². The molecule has 3 N–H and O–H groups in total. The van der Waals surface area contributed by atoms with Gasteiger partial charge in [0.05, 0.1) is 28.1 Å². The second kappa shape index (κ2) is 6.49. The molecule has 6 heteroatoms. The van der Waals surface area contributed by atoms with Gasteiger partial charge in [0, 0.05) is 11.4 Å². The molecule has 0 heterocycles. The van der Waals surface area contributed by atoms with Crippen LogP contribution in [0.4, 0.5) is 11.4 Å². The highest BCUT2D eigenvalue weighted by Crippen LogP contribution is 2.29. The molecule has 2 aromatic carbocycles. The summed E-state index contributed by atoms with van der Waals surface area (Å²) in [4.78, 5) is 12.2. The highest BCUT2D eigenvalue weighted by atomic mass is 35.5. The van der Waals surface area contributed by atoms with E-state index in [1.54, 1.807) is 24.3 Å². The Bertz CT molecular complexity index is 721. The minimum atomic E-state index is -0.401. The zero-order chi connectivity index (χ0) is 15.4. The van der Waals surface area contributed by atoms with Crippen molar-refractivity contribution in [3.63, 3.8) is 0 Å². The summed E-state index contributed by atoms with van der Waals surface area (Å²) >= 11 is 11.9. The van der Waals surface area contributed by atoms with Crippen molar-refractivity contribution in [3.05, 3.63) is 57.6 Å². The number of halogens is 2. The number of rotatable bonds is 3. The standard InChI is InChI=1S/C15H11Cl2N3O/c16-13-8-10(19)7-12(14(13)17)15(21)20-11-3-1-9(2-4-11)5-6-18/h1-4,7-8H,5,19H2,(H,20,21). The van der Waals surface area contributed by atoms with Gasteiger partial charge in [-0.1, -0.05) is 35.3 Å². The molecule has 0 fully saturated rings. The van der Waals surface area contributed by atoms with E-state index in [9.17, 15) is 4.79 Å². The Labute approximate surface area is 132 Å². The van der Waals surface area contributed by atoms with Gasteiger partial charge in [-0.2, -0.15) is 5.26 Å². The van der Waals surface area contributed by atoms with Crippen molar-refractivity contribution in [1.82, 2.24) is 0 Å². The smallest absolute Gasteiger partial charge is 0.257 e. The van der Waals surface area contributed by atoms with Crippen molar-refractivity contribution < 1.29 is 4.79 Å². The number of carbonyl (C=O) groups is 1. The van der Waals surface area contributed by atoms with Gasteiger partial charge in [0.15, 0.2) is 0 Å². The summed E-state index contributed by atoms with van der Waals surface area (Å²) in [5, 5.41) is 11.7. The maximum Gasteiger partial charge on any atom is 0.257 e. The molecule has 0 bridgehead atoms. The average molecular weight is 320 g/mol. The first-order valence-electron chi connectivity index (χ1n) is 6.03. The molecular formula is C15H11Cl2N3O. The van der Waals surface area contributed by atoms with Crippen LogP contribution in [-0.4, -0.2) is 5.91 Å². The number of hydrogen-bond donors (Lipinski definition) is 2. The molecule has 0 aliphatic carbocycles. The Kier molecular flexibility index (Phi) is 4.69. The zero-order valence-electron chi connectivity index (χ0n) is 10.9. The topological polar surface area (TPSA) is 78.9 Å². The molecule has 106 valence electrons. The number of carbonyl (C=O) groups excluding carboxylic acids is 1. The molecule has 0 spiro atoms. The van der Waals surface area contributed by atoms with Gasteiger partial charge in [-0.05, 0) is 29.8 Å². The van der Waals surface area contributed by atoms with Crippen LogP contribution in [0.3, 0.4) is 0 Å². The summed E-state index contributed by atoms with van der Waals surface area (Å²) in [5.74, 6) is -0.401. The third-order valence-corrected chi connectivity index (χ3v) is 3.59. The first-order chi connectivity index (χ1) is 10.0. The molecule has 0 saturated heterocycles. The fourth-order valence-electron chi connectivity index (χ4n) is 1.77.